The fraction of sp³-hybridized carbons (Fsp3) is 0.615. The second-order valence-corrected chi connectivity index (χ2v) is 5.23. The van der Waals surface area contributed by atoms with Crippen molar-refractivity contribution in [3.63, 3.8) is 0 Å². The zero-order valence-corrected chi connectivity index (χ0v) is 10.5. The Balaban J connectivity index is 2.23. The van der Waals surface area contributed by atoms with Gasteiger partial charge in [-0.05, 0) is 6.07 Å². The molecule has 1 atom stereocenters. The van der Waals surface area contributed by atoms with E-state index in [1.807, 2.05) is 0 Å². The van der Waals surface area contributed by atoms with E-state index in [-0.39, 0.29) is 0 Å². The van der Waals surface area contributed by atoms with Gasteiger partial charge in [0.2, 0.25) is 0 Å². The third kappa shape index (κ3) is 2.25. The highest BCUT2D eigenvalue weighted by Crippen LogP contribution is 2.34. The summed E-state index contributed by atoms with van der Waals surface area (Å²) in [4.78, 5) is 0. The van der Waals surface area contributed by atoms with Crippen LogP contribution >= 0.6 is 0 Å². The van der Waals surface area contributed by atoms with E-state index < -0.39 is 0 Å². The maximum Gasteiger partial charge on any atom is 0.252 e. The Morgan fingerprint density at radius 2 is 2.31 bits per heavy atom. The SMILES string of the molecule is COC[n+]1cccc(C2CCC[N+]2(C)C)c1. The average molecular weight is 222 g/mol. The van der Waals surface area contributed by atoms with E-state index >= 15 is 0 Å². The molecular weight excluding hydrogens is 200 g/mol. The van der Waals surface area contributed by atoms with Gasteiger partial charge in [0.05, 0.1) is 26.2 Å². The number of hydrogen-bond donors (Lipinski definition) is 0. The molecule has 1 aliphatic heterocycles. The fourth-order valence-electron chi connectivity index (χ4n) is 2.74. The molecular formula is C13H22N2O+2. The van der Waals surface area contributed by atoms with Gasteiger partial charge in [0.25, 0.3) is 6.73 Å². The number of nitrogens with zero attached hydrogens (tertiary/aromatic N) is 2. The Hall–Kier alpha value is -0.930. The first kappa shape index (κ1) is 11.6. The highest BCUT2D eigenvalue weighted by atomic mass is 16.5. The molecule has 2 rings (SSSR count). The van der Waals surface area contributed by atoms with Gasteiger partial charge >= 0.3 is 0 Å². The Morgan fingerprint density at radius 3 is 2.94 bits per heavy atom. The number of quaternary nitrogens is 1. The normalized spacial score (nSPS) is 23.6. The van der Waals surface area contributed by atoms with Crippen molar-refractivity contribution < 1.29 is 13.8 Å². The molecule has 1 aromatic rings. The van der Waals surface area contributed by atoms with Crippen molar-refractivity contribution in [1.82, 2.24) is 0 Å². The number of aromatic nitrogens is 1. The molecule has 0 aliphatic carbocycles. The molecule has 0 bridgehead atoms. The van der Waals surface area contributed by atoms with Crippen LogP contribution in [0.3, 0.4) is 0 Å². The molecule has 0 aromatic carbocycles. The predicted molar refractivity (Wildman–Crippen MR) is 62.6 cm³/mol. The van der Waals surface area contributed by atoms with Crippen molar-refractivity contribution in [3.05, 3.63) is 30.1 Å². The van der Waals surface area contributed by atoms with E-state index in [9.17, 15) is 0 Å². The minimum absolute atomic E-state index is 0.633. The monoisotopic (exact) mass is 222 g/mol. The summed E-state index contributed by atoms with van der Waals surface area (Å²) in [5.41, 5.74) is 1.43. The highest BCUT2D eigenvalue weighted by Gasteiger charge is 2.36. The van der Waals surface area contributed by atoms with Crippen molar-refractivity contribution in [2.24, 2.45) is 0 Å². The van der Waals surface area contributed by atoms with Crippen molar-refractivity contribution >= 4 is 0 Å². The molecule has 3 heteroatoms. The Morgan fingerprint density at radius 1 is 1.50 bits per heavy atom. The van der Waals surface area contributed by atoms with Crippen LogP contribution in [0.2, 0.25) is 0 Å². The summed E-state index contributed by atoms with van der Waals surface area (Å²) in [6.07, 6.45) is 6.91. The van der Waals surface area contributed by atoms with Crippen LogP contribution in [0, 0.1) is 0 Å². The predicted octanol–water partition coefficient (Wildman–Crippen LogP) is 1.49. The highest BCUT2D eigenvalue weighted by molar-refractivity contribution is 5.10. The minimum Gasteiger partial charge on any atom is -0.327 e. The van der Waals surface area contributed by atoms with Crippen LogP contribution in [0.4, 0.5) is 0 Å². The van der Waals surface area contributed by atoms with Crippen LogP contribution in [-0.4, -0.2) is 32.2 Å². The van der Waals surface area contributed by atoms with E-state index in [0.717, 1.165) is 4.48 Å². The molecule has 0 radical (unpaired) electrons. The Labute approximate surface area is 97.9 Å². The molecule has 88 valence electrons. The van der Waals surface area contributed by atoms with Crippen molar-refractivity contribution in [3.8, 4) is 0 Å². The van der Waals surface area contributed by atoms with Gasteiger partial charge in [-0.1, -0.05) is 0 Å². The number of ether oxygens (including phenoxy) is 1. The Bertz CT molecular complexity index is 363. The van der Waals surface area contributed by atoms with Crippen molar-refractivity contribution in [2.75, 3.05) is 27.7 Å². The minimum atomic E-state index is 0.633. The van der Waals surface area contributed by atoms with Gasteiger partial charge in [-0.2, -0.15) is 4.57 Å². The number of likely N-dealkylation sites (tertiary alicyclic amines) is 1. The summed E-state index contributed by atoms with van der Waals surface area (Å²) >= 11 is 0. The average Bonchev–Trinajstić information content (AvgIpc) is 2.59. The molecule has 0 spiro atoms. The third-order valence-electron chi connectivity index (χ3n) is 3.60. The van der Waals surface area contributed by atoms with Crippen LogP contribution in [0.1, 0.15) is 24.4 Å². The van der Waals surface area contributed by atoms with Gasteiger partial charge in [0.15, 0.2) is 12.4 Å². The van der Waals surface area contributed by atoms with Gasteiger partial charge in [-0.25, -0.2) is 0 Å². The maximum absolute atomic E-state index is 5.16. The summed E-state index contributed by atoms with van der Waals surface area (Å²) < 4.78 is 8.37. The van der Waals surface area contributed by atoms with E-state index in [1.54, 1.807) is 7.11 Å². The molecule has 0 amide bonds. The standard InChI is InChI=1S/C13H22N2O/c1-15(2)9-5-7-13(15)12-6-4-8-14(10-12)11-16-3/h4,6,8,10,13H,5,7,9,11H2,1-3H3/q+2. The lowest BCUT2D eigenvalue weighted by Gasteiger charge is -2.31. The van der Waals surface area contributed by atoms with Crippen LogP contribution < -0.4 is 4.57 Å². The summed E-state index contributed by atoms with van der Waals surface area (Å²) in [5, 5.41) is 0. The molecule has 0 N–H and O–H groups in total. The van der Waals surface area contributed by atoms with E-state index in [2.05, 4.69) is 43.2 Å². The van der Waals surface area contributed by atoms with Crippen LogP contribution in [0.15, 0.2) is 24.5 Å². The summed E-state index contributed by atoms with van der Waals surface area (Å²) in [6.45, 7) is 1.91. The zero-order valence-electron chi connectivity index (χ0n) is 10.5. The van der Waals surface area contributed by atoms with Gasteiger partial charge in [-0.15, -0.1) is 0 Å². The molecule has 0 saturated carbocycles. The van der Waals surface area contributed by atoms with Gasteiger partial charge in [0.1, 0.15) is 6.04 Å². The smallest absolute Gasteiger partial charge is 0.252 e. The molecule has 2 heterocycles. The summed E-state index contributed by atoms with van der Waals surface area (Å²) in [6, 6.07) is 5.00. The maximum atomic E-state index is 5.16. The number of hydrogen-bond acceptors (Lipinski definition) is 1. The van der Waals surface area contributed by atoms with Crippen LogP contribution in [0.25, 0.3) is 0 Å². The second kappa shape index (κ2) is 4.52. The zero-order chi connectivity index (χ0) is 11.6. The second-order valence-electron chi connectivity index (χ2n) is 5.23. The number of pyridine rings is 1. The largest absolute Gasteiger partial charge is 0.327 e. The Kier molecular flexibility index (Phi) is 3.26. The lowest BCUT2D eigenvalue weighted by molar-refractivity contribution is -0.908. The first-order valence-corrected chi connectivity index (χ1v) is 5.94. The molecule has 1 fully saturated rings. The van der Waals surface area contributed by atoms with E-state index in [1.165, 1.54) is 24.9 Å². The number of methoxy groups -OCH3 is 1. The first-order chi connectivity index (χ1) is 7.63. The summed E-state index contributed by atoms with van der Waals surface area (Å²) in [7, 11) is 6.38. The lowest BCUT2D eigenvalue weighted by Crippen LogP contribution is -2.40. The van der Waals surface area contributed by atoms with Gasteiger partial charge < -0.3 is 9.22 Å². The summed E-state index contributed by atoms with van der Waals surface area (Å²) in [5.74, 6) is 0. The molecule has 1 aliphatic rings. The van der Waals surface area contributed by atoms with Crippen molar-refractivity contribution in [2.45, 2.75) is 25.6 Å². The molecule has 3 nitrogen and oxygen atoms in total. The van der Waals surface area contributed by atoms with Gasteiger partial charge in [0, 0.05) is 26.0 Å². The first-order valence-electron chi connectivity index (χ1n) is 5.94. The lowest BCUT2D eigenvalue weighted by atomic mass is 10.1. The van der Waals surface area contributed by atoms with Crippen LogP contribution in [-0.2, 0) is 11.5 Å². The molecule has 1 aromatic heterocycles. The topological polar surface area (TPSA) is 13.1 Å². The fourth-order valence-corrected chi connectivity index (χ4v) is 2.74. The molecule has 1 saturated heterocycles. The van der Waals surface area contributed by atoms with E-state index in [0.29, 0.717) is 12.8 Å². The van der Waals surface area contributed by atoms with Crippen molar-refractivity contribution in [1.29, 1.82) is 0 Å². The third-order valence-corrected chi connectivity index (χ3v) is 3.60. The quantitative estimate of drug-likeness (QED) is 0.558. The van der Waals surface area contributed by atoms with Crippen LogP contribution in [0.5, 0.6) is 0 Å². The van der Waals surface area contributed by atoms with E-state index in [4.69, 9.17) is 4.74 Å². The molecule has 16 heavy (non-hydrogen) atoms. The van der Waals surface area contributed by atoms with Gasteiger partial charge in [-0.3, -0.25) is 0 Å². The molecule has 1 unspecified atom stereocenters. The number of rotatable bonds is 3.